The molecule has 1 atom stereocenters. The Morgan fingerprint density at radius 3 is 2.45 bits per heavy atom. The van der Waals surface area contributed by atoms with Crippen LogP contribution in [0.2, 0.25) is 0 Å². The summed E-state index contributed by atoms with van der Waals surface area (Å²) in [5.74, 6) is 0.854. The van der Waals surface area contributed by atoms with E-state index in [0.29, 0.717) is 32.4 Å². The van der Waals surface area contributed by atoms with Crippen LogP contribution in [0.5, 0.6) is 5.75 Å². The maximum absolute atomic E-state index is 9.64. The molecule has 20 heavy (non-hydrogen) atoms. The highest BCUT2D eigenvalue weighted by Gasteiger charge is 2.04. The van der Waals surface area contributed by atoms with Crippen LogP contribution in [0.1, 0.15) is 26.3 Å². The fraction of sp³-hybridized carbons (Fsp3) is 0.625. The molecule has 1 aromatic rings. The van der Waals surface area contributed by atoms with Gasteiger partial charge < -0.3 is 19.9 Å². The van der Waals surface area contributed by atoms with Gasteiger partial charge in [-0.05, 0) is 24.1 Å². The summed E-state index contributed by atoms with van der Waals surface area (Å²) in [4.78, 5) is 0. The van der Waals surface area contributed by atoms with E-state index in [9.17, 15) is 5.11 Å². The van der Waals surface area contributed by atoms with E-state index in [1.165, 1.54) is 5.56 Å². The van der Waals surface area contributed by atoms with Crippen molar-refractivity contribution in [1.29, 1.82) is 0 Å². The van der Waals surface area contributed by atoms with Gasteiger partial charge in [-0.25, -0.2) is 0 Å². The number of aryl methyl sites for hydroxylation is 1. The van der Waals surface area contributed by atoms with Gasteiger partial charge in [0.1, 0.15) is 12.4 Å². The Hall–Kier alpha value is -1.10. The van der Waals surface area contributed by atoms with E-state index < -0.39 is 6.10 Å². The molecule has 0 saturated heterocycles. The second-order valence-corrected chi connectivity index (χ2v) is 5.14. The van der Waals surface area contributed by atoms with Crippen molar-refractivity contribution in [1.82, 2.24) is 5.32 Å². The van der Waals surface area contributed by atoms with E-state index in [1.54, 1.807) is 0 Å². The predicted molar refractivity (Wildman–Crippen MR) is 81.3 cm³/mol. The van der Waals surface area contributed by atoms with Crippen LogP contribution < -0.4 is 10.1 Å². The maximum atomic E-state index is 9.64. The molecule has 0 fully saturated rings. The van der Waals surface area contributed by atoms with E-state index in [-0.39, 0.29) is 0 Å². The second kappa shape index (κ2) is 9.75. The van der Waals surface area contributed by atoms with Gasteiger partial charge in [0.2, 0.25) is 0 Å². The summed E-state index contributed by atoms with van der Waals surface area (Å²) in [7, 11) is 0. The Morgan fingerprint density at radius 2 is 1.85 bits per heavy atom. The molecule has 0 aliphatic rings. The van der Waals surface area contributed by atoms with Crippen LogP contribution in [0, 0.1) is 0 Å². The topological polar surface area (TPSA) is 50.7 Å². The zero-order valence-corrected chi connectivity index (χ0v) is 12.8. The molecule has 0 saturated carbocycles. The number of aliphatic hydroxyl groups is 1. The van der Waals surface area contributed by atoms with Crippen molar-refractivity contribution < 1.29 is 14.6 Å². The number of hydrogen-bond acceptors (Lipinski definition) is 4. The molecule has 0 heterocycles. The van der Waals surface area contributed by atoms with Crippen molar-refractivity contribution in [3.05, 3.63) is 29.8 Å². The molecule has 4 nitrogen and oxygen atoms in total. The average molecular weight is 281 g/mol. The Labute approximate surface area is 122 Å². The Balaban J connectivity index is 2.06. The lowest BCUT2D eigenvalue weighted by Crippen LogP contribution is -2.34. The van der Waals surface area contributed by atoms with Crippen molar-refractivity contribution in [2.75, 3.05) is 26.4 Å². The normalized spacial score (nSPS) is 12.7. The zero-order chi connectivity index (χ0) is 14.8. The number of rotatable bonds is 10. The highest BCUT2D eigenvalue weighted by atomic mass is 16.5. The van der Waals surface area contributed by atoms with Gasteiger partial charge in [0.15, 0.2) is 0 Å². The highest BCUT2D eigenvalue weighted by molar-refractivity contribution is 5.27. The monoisotopic (exact) mass is 281 g/mol. The smallest absolute Gasteiger partial charge is 0.119 e. The molecule has 2 N–H and O–H groups in total. The third-order valence-electron chi connectivity index (χ3n) is 2.90. The van der Waals surface area contributed by atoms with Gasteiger partial charge in [-0.3, -0.25) is 0 Å². The van der Waals surface area contributed by atoms with E-state index >= 15 is 0 Å². The molecular formula is C16H27NO3. The average Bonchev–Trinajstić information content (AvgIpc) is 2.45. The summed E-state index contributed by atoms with van der Waals surface area (Å²) in [6, 6.07) is 8.45. The summed E-state index contributed by atoms with van der Waals surface area (Å²) >= 11 is 0. The molecular weight excluding hydrogens is 254 g/mol. The van der Waals surface area contributed by atoms with Crippen LogP contribution in [0.3, 0.4) is 0 Å². The van der Waals surface area contributed by atoms with Gasteiger partial charge in [0.25, 0.3) is 0 Å². The number of nitrogens with one attached hydrogen (secondary N) is 1. The first-order chi connectivity index (χ1) is 9.61. The summed E-state index contributed by atoms with van der Waals surface area (Å²) in [6.07, 6.45) is 0.562. The minimum Gasteiger partial charge on any atom is -0.491 e. The fourth-order valence-electron chi connectivity index (χ4n) is 1.69. The molecule has 0 aliphatic heterocycles. The van der Waals surface area contributed by atoms with E-state index in [4.69, 9.17) is 9.47 Å². The molecule has 0 radical (unpaired) electrons. The van der Waals surface area contributed by atoms with Crippen molar-refractivity contribution in [2.45, 2.75) is 39.3 Å². The van der Waals surface area contributed by atoms with Gasteiger partial charge in [-0.15, -0.1) is 0 Å². The molecule has 4 heteroatoms. The minimum absolute atomic E-state index is 0.331. The minimum atomic E-state index is -0.471. The van der Waals surface area contributed by atoms with Crippen LogP contribution in [0.15, 0.2) is 24.3 Å². The molecule has 0 aliphatic carbocycles. The van der Waals surface area contributed by atoms with E-state index in [0.717, 1.165) is 12.2 Å². The third-order valence-corrected chi connectivity index (χ3v) is 2.90. The molecule has 0 bridgehead atoms. The van der Waals surface area contributed by atoms with Crippen molar-refractivity contribution in [3.63, 3.8) is 0 Å². The van der Waals surface area contributed by atoms with Gasteiger partial charge in [-0.2, -0.15) is 0 Å². The summed E-state index contributed by atoms with van der Waals surface area (Å²) in [5.41, 5.74) is 1.30. The van der Waals surface area contributed by atoms with Crippen molar-refractivity contribution in [3.8, 4) is 5.75 Å². The van der Waals surface area contributed by atoms with Gasteiger partial charge in [0.05, 0.1) is 19.3 Å². The van der Waals surface area contributed by atoms with Crippen LogP contribution in [0.4, 0.5) is 0 Å². The lowest BCUT2D eigenvalue weighted by molar-refractivity contribution is 0.0244. The summed E-state index contributed by atoms with van der Waals surface area (Å²) in [5, 5.41) is 12.8. The van der Waals surface area contributed by atoms with E-state index in [2.05, 4.69) is 24.4 Å². The quantitative estimate of drug-likeness (QED) is 0.644. The van der Waals surface area contributed by atoms with E-state index in [1.807, 2.05) is 26.0 Å². The molecule has 1 rings (SSSR count). The molecule has 0 amide bonds. The van der Waals surface area contributed by atoms with Crippen LogP contribution in [0.25, 0.3) is 0 Å². The first kappa shape index (κ1) is 17.0. The lowest BCUT2D eigenvalue weighted by atomic mass is 10.2. The lowest BCUT2D eigenvalue weighted by Gasteiger charge is -2.14. The first-order valence-corrected chi connectivity index (χ1v) is 7.32. The molecule has 0 aromatic heterocycles. The summed E-state index contributed by atoms with van der Waals surface area (Å²) in [6.45, 7) is 8.08. The number of hydrogen-bond donors (Lipinski definition) is 2. The number of aliphatic hydroxyl groups excluding tert-OH is 1. The van der Waals surface area contributed by atoms with Gasteiger partial charge in [-0.1, -0.05) is 32.9 Å². The standard InChI is InChI=1S/C16H27NO3/c1-4-14-5-7-16(8-6-14)20-10-9-19-12-15(18)11-17-13(2)3/h5-8,13,15,17-18H,4,9-12H2,1-3H3/t15-/m0/s1. The number of ether oxygens (including phenoxy) is 2. The van der Waals surface area contributed by atoms with Gasteiger partial charge >= 0.3 is 0 Å². The summed E-state index contributed by atoms with van der Waals surface area (Å²) < 4.78 is 10.9. The predicted octanol–water partition coefficient (Wildman–Crippen LogP) is 2.00. The second-order valence-electron chi connectivity index (χ2n) is 5.14. The first-order valence-electron chi connectivity index (χ1n) is 7.32. The van der Waals surface area contributed by atoms with Crippen molar-refractivity contribution in [2.24, 2.45) is 0 Å². The molecule has 1 aromatic carbocycles. The SMILES string of the molecule is CCc1ccc(OCCOC[C@@H](O)CNC(C)C)cc1. The fourth-order valence-corrected chi connectivity index (χ4v) is 1.69. The maximum Gasteiger partial charge on any atom is 0.119 e. The number of benzene rings is 1. The zero-order valence-electron chi connectivity index (χ0n) is 12.8. The third kappa shape index (κ3) is 7.48. The molecule has 0 spiro atoms. The Bertz CT molecular complexity index is 351. The largest absolute Gasteiger partial charge is 0.491 e. The van der Waals surface area contributed by atoms with Crippen LogP contribution in [-0.2, 0) is 11.2 Å². The Kier molecular flexibility index (Phi) is 8.26. The van der Waals surface area contributed by atoms with Gasteiger partial charge in [0, 0.05) is 12.6 Å². The molecule has 0 unspecified atom stereocenters. The Morgan fingerprint density at radius 1 is 1.15 bits per heavy atom. The molecule has 114 valence electrons. The van der Waals surface area contributed by atoms with Crippen molar-refractivity contribution >= 4 is 0 Å². The highest BCUT2D eigenvalue weighted by Crippen LogP contribution is 2.12. The van der Waals surface area contributed by atoms with Crippen LogP contribution in [-0.4, -0.2) is 43.6 Å². The van der Waals surface area contributed by atoms with Crippen LogP contribution >= 0.6 is 0 Å².